The van der Waals surface area contributed by atoms with Crippen LogP contribution in [0.1, 0.15) is 52.0 Å². The number of anilines is 1. The molecule has 1 saturated carbocycles. The Labute approximate surface area is 187 Å². The summed E-state index contributed by atoms with van der Waals surface area (Å²) in [7, 11) is 0. The van der Waals surface area contributed by atoms with Crippen LogP contribution in [0.15, 0.2) is 30.5 Å². The molecule has 2 aromatic rings. The lowest BCUT2D eigenvalue weighted by Gasteiger charge is -2.56. The molecular formula is C25H30FN3O3. The van der Waals surface area contributed by atoms with Crippen molar-refractivity contribution in [3.8, 4) is 17.0 Å². The molecule has 5 rings (SSSR count). The summed E-state index contributed by atoms with van der Waals surface area (Å²) in [5, 5.41) is 0. The molecule has 32 heavy (non-hydrogen) atoms. The maximum atomic E-state index is 14.3. The molecule has 1 aliphatic carbocycles. The molecule has 1 amide bonds. The highest BCUT2D eigenvalue weighted by Crippen LogP contribution is 2.60. The van der Waals surface area contributed by atoms with Crippen LogP contribution < -0.4 is 10.5 Å². The van der Waals surface area contributed by atoms with Gasteiger partial charge in [-0.15, -0.1) is 0 Å². The first kappa shape index (κ1) is 21.0. The van der Waals surface area contributed by atoms with Crippen LogP contribution in [0, 0.1) is 11.2 Å². The van der Waals surface area contributed by atoms with Crippen molar-refractivity contribution in [2.45, 2.75) is 64.1 Å². The van der Waals surface area contributed by atoms with Crippen molar-refractivity contribution in [3.63, 3.8) is 0 Å². The third-order valence-electron chi connectivity index (χ3n) is 6.93. The molecule has 0 unspecified atom stereocenters. The quantitative estimate of drug-likeness (QED) is 0.636. The molecule has 3 heterocycles. The first-order chi connectivity index (χ1) is 15.1. The number of carbonyl (C=O) groups is 1. The SMILES string of the molecule is CC(C)(C)OC(=O)N1CCC2(CC1)CC1(Cc3cc(-c4ccc(N)cc4F)ncc3O1)C2. The summed E-state index contributed by atoms with van der Waals surface area (Å²) in [6, 6.07) is 6.61. The molecule has 2 aliphatic heterocycles. The van der Waals surface area contributed by atoms with Crippen molar-refractivity contribution in [2.75, 3.05) is 18.8 Å². The number of aromatic nitrogens is 1. The number of halogens is 1. The molecule has 0 atom stereocenters. The van der Waals surface area contributed by atoms with Gasteiger partial charge in [-0.2, -0.15) is 0 Å². The summed E-state index contributed by atoms with van der Waals surface area (Å²) in [5.74, 6) is 0.427. The smallest absolute Gasteiger partial charge is 0.410 e. The summed E-state index contributed by atoms with van der Waals surface area (Å²) >= 11 is 0. The fourth-order valence-electron chi connectivity index (χ4n) is 5.57. The number of pyridine rings is 1. The summed E-state index contributed by atoms with van der Waals surface area (Å²) < 4.78 is 26.2. The molecule has 2 fully saturated rings. The molecule has 1 saturated heterocycles. The molecule has 2 N–H and O–H groups in total. The summed E-state index contributed by atoms with van der Waals surface area (Å²) in [6.07, 6.45) is 6.18. The van der Waals surface area contributed by atoms with Crippen LogP contribution >= 0.6 is 0 Å². The predicted octanol–water partition coefficient (Wildman–Crippen LogP) is 4.95. The lowest BCUT2D eigenvalue weighted by atomic mass is 9.54. The summed E-state index contributed by atoms with van der Waals surface area (Å²) in [4.78, 5) is 18.6. The lowest BCUT2D eigenvalue weighted by molar-refractivity contribution is -0.120. The fraction of sp³-hybridized carbons (Fsp3) is 0.520. The first-order valence-electron chi connectivity index (χ1n) is 11.3. The van der Waals surface area contributed by atoms with Crippen LogP contribution in [0.4, 0.5) is 14.9 Å². The van der Waals surface area contributed by atoms with Gasteiger partial charge >= 0.3 is 6.09 Å². The molecule has 1 aromatic heterocycles. The first-order valence-corrected chi connectivity index (χ1v) is 11.3. The Kier molecular flexibility index (Phi) is 4.66. The van der Waals surface area contributed by atoms with Gasteiger partial charge in [0, 0.05) is 36.3 Å². The molecule has 1 aromatic carbocycles. The van der Waals surface area contributed by atoms with Gasteiger partial charge < -0.3 is 20.1 Å². The number of ether oxygens (including phenoxy) is 2. The Morgan fingerprint density at radius 3 is 2.59 bits per heavy atom. The van der Waals surface area contributed by atoms with Gasteiger partial charge in [-0.3, -0.25) is 4.98 Å². The van der Waals surface area contributed by atoms with E-state index in [4.69, 9.17) is 15.2 Å². The molecule has 0 radical (unpaired) electrons. The third-order valence-corrected chi connectivity index (χ3v) is 6.93. The second kappa shape index (κ2) is 7.09. The van der Waals surface area contributed by atoms with E-state index in [2.05, 4.69) is 4.98 Å². The van der Waals surface area contributed by atoms with E-state index >= 15 is 0 Å². The highest BCUT2D eigenvalue weighted by molar-refractivity contribution is 5.68. The molecule has 170 valence electrons. The van der Waals surface area contributed by atoms with Crippen LogP contribution in [0.25, 0.3) is 11.3 Å². The van der Waals surface area contributed by atoms with E-state index in [1.54, 1.807) is 18.3 Å². The highest BCUT2D eigenvalue weighted by Gasteiger charge is 2.59. The zero-order valence-electron chi connectivity index (χ0n) is 18.9. The van der Waals surface area contributed by atoms with Gasteiger partial charge in [0.25, 0.3) is 0 Å². The van der Waals surface area contributed by atoms with Gasteiger partial charge in [0.05, 0.1) is 11.9 Å². The van der Waals surface area contributed by atoms with Crippen molar-refractivity contribution >= 4 is 11.8 Å². The number of rotatable bonds is 1. The Balaban J connectivity index is 1.23. The Morgan fingerprint density at radius 2 is 1.94 bits per heavy atom. The number of nitrogens with two attached hydrogens (primary N) is 1. The second-order valence-corrected chi connectivity index (χ2v) is 10.7. The minimum atomic E-state index is -0.474. The van der Waals surface area contributed by atoms with E-state index in [0.29, 0.717) is 16.9 Å². The Morgan fingerprint density at radius 1 is 1.22 bits per heavy atom. The molecule has 3 aliphatic rings. The number of nitrogen functional groups attached to an aromatic ring is 1. The number of carbonyl (C=O) groups excluding carboxylic acids is 1. The lowest BCUT2D eigenvalue weighted by Crippen LogP contribution is -2.59. The van der Waals surface area contributed by atoms with E-state index in [9.17, 15) is 9.18 Å². The van der Waals surface area contributed by atoms with E-state index < -0.39 is 5.60 Å². The standard InChI is InChI=1S/C25H30FN3O3/c1-23(2,3)32-22(30)29-8-6-24(7-9-29)14-25(15-24)12-16-10-20(28-13-21(16)31-25)18-5-4-17(27)11-19(18)26/h4-5,10-11,13H,6-9,12,14-15,27H2,1-3H3. The number of likely N-dealkylation sites (tertiary alicyclic amines) is 1. The third kappa shape index (κ3) is 3.78. The molecule has 7 heteroatoms. The normalized spacial score (nSPS) is 20.6. The number of fused-ring (bicyclic) bond motifs is 1. The number of nitrogens with zero attached hydrogens (tertiary/aromatic N) is 2. The maximum Gasteiger partial charge on any atom is 0.410 e. The van der Waals surface area contributed by atoms with Crippen LogP contribution in [0.2, 0.25) is 0 Å². The largest absolute Gasteiger partial charge is 0.485 e. The number of piperidine rings is 1. The number of hydrogen-bond acceptors (Lipinski definition) is 5. The van der Waals surface area contributed by atoms with Crippen molar-refractivity contribution < 1.29 is 18.7 Å². The average molecular weight is 440 g/mol. The average Bonchev–Trinajstić information content (AvgIpc) is 3.04. The highest BCUT2D eigenvalue weighted by atomic mass is 19.1. The van der Waals surface area contributed by atoms with Gasteiger partial charge in [-0.25, -0.2) is 9.18 Å². The van der Waals surface area contributed by atoms with E-state index in [-0.39, 0.29) is 22.9 Å². The van der Waals surface area contributed by atoms with E-state index in [0.717, 1.165) is 56.5 Å². The summed E-state index contributed by atoms with van der Waals surface area (Å²) in [6.45, 7) is 7.12. The molecule has 0 bridgehead atoms. The van der Waals surface area contributed by atoms with E-state index in [1.807, 2.05) is 31.7 Å². The van der Waals surface area contributed by atoms with Crippen molar-refractivity contribution in [1.82, 2.24) is 9.88 Å². The number of benzene rings is 1. The minimum absolute atomic E-state index is 0.198. The van der Waals surface area contributed by atoms with Gasteiger partial charge in [-0.1, -0.05) is 0 Å². The van der Waals surface area contributed by atoms with Crippen LogP contribution in [-0.4, -0.2) is 40.3 Å². The van der Waals surface area contributed by atoms with Gasteiger partial charge in [-0.05, 0) is 76.1 Å². The zero-order valence-corrected chi connectivity index (χ0v) is 18.9. The molecule has 2 spiro atoms. The topological polar surface area (TPSA) is 77.7 Å². The van der Waals surface area contributed by atoms with Crippen molar-refractivity contribution in [1.29, 1.82) is 0 Å². The van der Waals surface area contributed by atoms with Crippen molar-refractivity contribution in [3.05, 3.63) is 41.8 Å². The Bertz CT molecular complexity index is 1060. The van der Waals surface area contributed by atoms with E-state index in [1.165, 1.54) is 6.07 Å². The predicted molar refractivity (Wildman–Crippen MR) is 120 cm³/mol. The Hall–Kier alpha value is -2.83. The minimum Gasteiger partial charge on any atom is -0.485 e. The van der Waals surface area contributed by atoms with Gasteiger partial charge in [0.2, 0.25) is 0 Å². The molecular weight excluding hydrogens is 409 g/mol. The second-order valence-electron chi connectivity index (χ2n) is 10.7. The fourth-order valence-corrected chi connectivity index (χ4v) is 5.57. The summed E-state index contributed by atoms with van der Waals surface area (Å²) in [5.41, 5.74) is 7.74. The van der Waals surface area contributed by atoms with Crippen LogP contribution in [0.5, 0.6) is 5.75 Å². The van der Waals surface area contributed by atoms with Gasteiger partial charge in [0.15, 0.2) is 0 Å². The van der Waals surface area contributed by atoms with Crippen molar-refractivity contribution in [2.24, 2.45) is 5.41 Å². The number of hydrogen-bond donors (Lipinski definition) is 1. The molecule has 6 nitrogen and oxygen atoms in total. The monoisotopic (exact) mass is 439 g/mol. The maximum absolute atomic E-state index is 14.3. The van der Waals surface area contributed by atoms with Crippen LogP contribution in [0.3, 0.4) is 0 Å². The van der Waals surface area contributed by atoms with Gasteiger partial charge in [0.1, 0.15) is 22.8 Å². The number of amides is 1. The van der Waals surface area contributed by atoms with Crippen LogP contribution in [-0.2, 0) is 11.2 Å². The zero-order chi connectivity index (χ0) is 22.7.